The highest BCUT2D eigenvalue weighted by Crippen LogP contribution is 2.33. The van der Waals surface area contributed by atoms with Crippen molar-refractivity contribution in [2.24, 2.45) is 17.6 Å². The first-order chi connectivity index (χ1) is 23.4. The molecule has 0 aliphatic heterocycles. The van der Waals surface area contributed by atoms with Gasteiger partial charge in [-0.3, -0.25) is 14.5 Å². The van der Waals surface area contributed by atoms with Gasteiger partial charge < -0.3 is 20.7 Å². The second kappa shape index (κ2) is 15.3. The Hall–Kier alpha value is -5.33. The summed E-state index contributed by atoms with van der Waals surface area (Å²) in [5.74, 6) is 0.479. The Labute approximate surface area is 286 Å². The van der Waals surface area contributed by atoms with E-state index in [-0.39, 0.29) is 24.2 Å². The fourth-order valence-corrected chi connectivity index (χ4v) is 6.12. The zero-order valence-electron chi connectivity index (χ0n) is 28.7. The molecule has 49 heavy (non-hydrogen) atoms. The SMILES string of the molecule is CN(C)c1ccc(-c2cccc(C[C@@H](C(N)=O)N(c3ccc(-c4nnn[nH]4)cc3)C(=O)[C@H]3CC[C@H](CNC(=O)OC(C)(C)C)CC3)c2)cn1. The van der Waals surface area contributed by atoms with Gasteiger partial charge in [-0.1, -0.05) is 24.3 Å². The fraction of sp³-hybridized carbons (Fsp3) is 0.417. The van der Waals surface area contributed by atoms with Gasteiger partial charge in [-0.2, -0.15) is 0 Å². The van der Waals surface area contributed by atoms with Crippen LogP contribution < -0.4 is 20.9 Å². The predicted octanol–water partition coefficient (Wildman–Crippen LogP) is 4.76. The van der Waals surface area contributed by atoms with Gasteiger partial charge in [0.15, 0.2) is 5.82 Å². The van der Waals surface area contributed by atoms with Crippen LogP contribution >= 0.6 is 0 Å². The molecule has 0 spiro atoms. The molecule has 1 aliphatic rings. The van der Waals surface area contributed by atoms with Crippen LogP contribution in [0.4, 0.5) is 16.3 Å². The molecule has 258 valence electrons. The Kier molecular flexibility index (Phi) is 10.9. The van der Waals surface area contributed by atoms with Crippen LogP contribution in [0.25, 0.3) is 22.5 Å². The molecule has 3 amide bonds. The summed E-state index contributed by atoms with van der Waals surface area (Å²) >= 11 is 0. The summed E-state index contributed by atoms with van der Waals surface area (Å²) in [4.78, 5) is 47.9. The molecule has 2 aromatic heterocycles. The molecule has 13 nitrogen and oxygen atoms in total. The number of primary amides is 1. The molecule has 0 radical (unpaired) electrons. The smallest absolute Gasteiger partial charge is 0.407 e. The number of aromatic amines is 1. The maximum Gasteiger partial charge on any atom is 0.407 e. The van der Waals surface area contributed by atoms with Gasteiger partial charge in [0.2, 0.25) is 11.8 Å². The third-order valence-corrected chi connectivity index (χ3v) is 8.67. The van der Waals surface area contributed by atoms with Crippen molar-refractivity contribution in [3.05, 3.63) is 72.4 Å². The van der Waals surface area contributed by atoms with E-state index in [1.165, 1.54) is 0 Å². The molecule has 1 aliphatic carbocycles. The quantitative estimate of drug-likeness (QED) is 0.204. The molecule has 4 aromatic rings. The van der Waals surface area contributed by atoms with Crippen LogP contribution in [0.1, 0.15) is 52.0 Å². The molecule has 1 atom stereocenters. The number of carbonyl (C=O) groups is 3. The van der Waals surface area contributed by atoms with Crippen molar-refractivity contribution in [3.8, 4) is 22.5 Å². The first-order valence-corrected chi connectivity index (χ1v) is 16.5. The van der Waals surface area contributed by atoms with Crippen molar-refractivity contribution in [1.82, 2.24) is 30.9 Å². The summed E-state index contributed by atoms with van der Waals surface area (Å²) in [7, 11) is 3.88. The van der Waals surface area contributed by atoms with Crippen molar-refractivity contribution in [2.75, 3.05) is 30.4 Å². The molecule has 5 rings (SSSR count). The first kappa shape index (κ1) is 35.0. The lowest BCUT2D eigenvalue weighted by Crippen LogP contribution is -2.52. The molecule has 1 saturated carbocycles. The normalized spacial score (nSPS) is 16.8. The Morgan fingerprint density at radius 2 is 1.69 bits per heavy atom. The van der Waals surface area contributed by atoms with Crippen LogP contribution in [0.5, 0.6) is 0 Å². The second-order valence-electron chi connectivity index (χ2n) is 13.7. The van der Waals surface area contributed by atoms with Gasteiger partial charge in [-0.15, -0.1) is 5.10 Å². The maximum atomic E-state index is 14.4. The molecule has 2 heterocycles. The predicted molar refractivity (Wildman–Crippen MR) is 187 cm³/mol. The molecular weight excluding hydrogens is 622 g/mol. The van der Waals surface area contributed by atoms with E-state index < -0.39 is 23.6 Å². The van der Waals surface area contributed by atoms with Crippen LogP contribution in [-0.4, -0.2) is 75.8 Å². The van der Waals surface area contributed by atoms with Crippen LogP contribution in [-0.2, 0) is 20.7 Å². The third kappa shape index (κ3) is 9.18. The first-order valence-electron chi connectivity index (χ1n) is 16.5. The molecule has 13 heteroatoms. The summed E-state index contributed by atoms with van der Waals surface area (Å²) in [5.41, 5.74) is 9.54. The van der Waals surface area contributed by atoms with Crippen molar-refractivity contribution >= 4 is 29.4 Å². The maximum absolute atomic E-state index is 14.4. The van der Waals surface area contributed by atoms with Crippen LogP contribution in [0.15, 0.2) is 66.9 Å². The summed E-state index contributed by atoms with van der Waals surface area (Å²) in [6, 6.07) is 18.1. The number of pyridine rings is 1. The van der Waals surface area contributed by atoms with Crippen molar-refractivity contribution < 1.29 is 19.1 Å². The number of aromatic nitrogens is 5. The Bertz CT molecular complexity index is 1710. The lowest BCUT2D eigenvalue weighted by Gasteiger charge is -2.36. The number of alkyl carbamates (subject to hydrolysis) is 1. The van der Waals surface area contributed by atoms with Crippen LogP contribution in [0, 0.1) is 11.8 Å². The minimum Gasteiger partial charge on any atom is -0.444 e. The number of tetrazole rings is 1. The average molecular weight is 668 g/mol. The van der Waals surface area contributed by atoms with E-state index in [0.29, 0.717) is 30.9 Å². The summed E-state index contributed by atoms with van der Waals surface area (Å²) in [6.45, 7) is 5.95. The van der Waals surface area contributed by atoms with Gasteiger partial charge in [-0.05, 0) is 110 Å². The molecule has 1 fully saturated rings. The number of anilines is 2. The number of amides is 3. The minimum absolute atomic E-state index is 0.156. The molecule has 0 saturated heterocycles. The van der Waals surface area contributed by atoms with Crippen molar-refractivity contribution in [1.29, 1.82) is 0 Å². The Morgan fingerprint density at radius 3 is 2.29 bits per heavy atom. The third-order valence-electron chi connectivity index (χ3n) is 8.67. The zero-order chi connectivity index (χ0) is 35.1. The number of H-pyrrole nitrogens is 1. The number of nitrogens with one attached hydrogen (secondary N) is 2. The molecule has 0 unspecified atom stereocenters. The van der Waals surface area contributed by atoms with E-state index in [1.54, 1.807) is 29.2 Å². The number of rotatable bonds is 11. The largest absolute Gasteiger partial charge is 0.444 e. The van der Waals surface area contributed by atoms with Gasteiger partial charge in [0, 0.05) is 56.0 Å². The standard InChI is InChI=1S/C36H45N9O4/c1-36(2,3)49-35(48)39-21-23-9-11-26(12-10-23)34(47)45(29-16-13-25(14-17-29)33-40-42-43-41-33)30(32(37)46)20-24-7-6-8-27(19-24)28-15-18-31(38-22-28)44(4)5/h6-8,13-19,22-23,26,30H,9-12,20-21H2,1-5H3,(H2,37,46)(H,39,48)(H,40,41,42,43)/t23-,26-,30-/m0/s1. The summed E-state index contributed by atoms with van der Waals surface area (Å²) in [5, 5.41) is 16.9. The van der Waals surface area contributed by atoms with Crippen molar-refractivity contribution in [2.45, 2.75) is 64.5 Å². The highest BCUT2D eigenvalue weighted by molar-refractivity contribution is 6.01. The number of carbonyl (C=O) groups excluding carboxylic acids is 3. The van der Waals surface area contributed by atoms with E-state index in [2.05, 4.69) is 30.9 Å². The Balaban J connectivity index is 1.37. The monoisotopic (exact) mass is 667 g/mol. The van der Waals surface area contributed by atoms with E-state index in [1.807, 2.05) is 82.4 Å². The molecule has 4 N–H and O–H groups in total. The Morgan fingerprint density at radius 1 is 0.980 bits per heavy atom. The number of hydrogen-bond donors (Lipinski definition) is 3. The average Bonchev–Trinajstić information content (AvgIpc) is 3.62. The summed E-state index contributed by atoms with van der Waals surface area (Å²) in [6.07, 6.45) is 4.34. The van der Waals surface area contributed by atoms with E-state index >= 15 is 0 Å². The van der Waals surface area contributed by atoms with Gasteiger partial charge in [0.1, 0.15) is 17.5 Å². The number of nitrogens with zero attached hydrogens (tertiary/aromatic N) is 6. The van der Waals surface area contributed by atoms with Crippen molar-refractivity contribution in [3.63, 3.8) is 0 Å². The lowest BCUT2D eigenvalue weighted by molar-refractivity contribution is -0.127. The lowest BCUT2D eigenvalue weighted by atomic mass is 9.81. The molecule has 2 aromatic carbocycles. The summed E-state index contributed by atoms with van der Waals surface area (Å²) < 4.78 is 5.37. The zero-order valence-corrected chi connectivity index (χ0v) is 28.7. The topological polar surface area (TPSA) is 172 Å². The van der Waals surface area contributed by atoms with Gasteiger partial charge in [0.05, 0.1) is 0 Å². The van der Waals surface area contributed by atoms with Crippen LogP contribution in [0.2, 0.25) is 0 Å². The second-order valence-corrected chi connectivity index (χ2v) is 13.7. The van der Waals surface area contributed by atoms with Crippen LogP contribution in [0.3, 0.4) is 0 Å². The van der Waals surface area contributed by atoms with E-state index in [0.717, 1.165) is 40.9 Å². The molecular formula is C36H45N9O4. The fourth-order valence-electron chi connectivity index (χ4n) is 6.12. The minimum atomic E-state index is -0.943. The van der Waals surface area contributed by atoms with Gasteiger partial charge in [-0.25, -0.2) is 14.9 Å². The molecule has 0 bridgehead atoms. The number of ether oxygens (including phenoxy) is 1. The highest BCUT2D eigenvalue weighted by atomic mass is 16.6. The number of nitrogens with two attached hydrogens (primary N) is 1. The van der Waals surface area contributed by atoms with Gasteiger partial charge >= 0.3 is 6.09 Å². The van der Waals surface area contributed by atoms with E-state index in [9.17, 15) is 14.4 Å². The van der Waals surface area contributed by atoms with Gasteiger partial charge in [0.25, 0.3) is 0 Å². The van der Waals surface area contributed by atoms with E-state index in [4.69, 9.17) is 10.5 Å². The number of benzene rings is 2. The highest BCUT2D eigenvalue weighted by Gasteiger charge is 2.36. The number of hydrogen-bond acceptors (Lipinski definition) is 9.